The largest absolute Gasteiger partial charge is 0.417 e. The number of ether oxygens (including phenoxy) is 1. The van der Waals surface area contributed by atoms with Crippen LogP contribution in [0.4, 0.5) is 18.9 Å². The highest BCUT2D eigenvalue weighted by molar-refractivity contribution is 7.80. The van der Waals surface area contributed by atoms with E-state index in [9.17, 15) is 13.2 Å². The van der Waals surface area contributed by atoms with Crippen LogP contribution in [0.1, 0.15) is 30.4 Å². The third-order valence-corrected chi connectivity index (χ3v) is 3.16. The summed E-state index contributed by atoms with van der Waals surface area (Å²) in [6, 6.07) is 3.90. The van der Waals surface area contributed by atoms with Crippen LogP contribution in [0.3, 0.4) is 0 Å². The van der Waals surface area contributed by atoms with Crippen molar-refractivity contribution >= 4 is 22.9 Å². The fourth-order valence-electron chi connectivity index (χ4n) is 1.88. The predicted molar refractivity (Wildman–Crippen MR) is 81.5 cm³/mol. The third-order valence-electron chi connectivity index (χ3n) is 2.94. The van der Waals surface area contributed by atoms with E-state index in [1.807, 2.05) is 0 Å². The van der Waals surface area contributed by atoms with Crippen molar-refractivity contribution in [3.63, 3.8) is 0 Å². The molecule has 1 aromatic carbocycles. The minimum Gasteiger partial charge on any atom is -0.389 e. The number of halogens is 3. The first kappa shape index (κ1) is 17.7. The molecule has 0 amide bonds. The van der Waals surface area contributed by atoms with Crippen LogP contribution in [0.2, 0.25) is 0 Å². The molecule has 1 rings (SSSR count). The van der Waals surface area contributed by atoms with E-state index in [1.165, 1.54) is 6.07 Å². The van der Waals surface area contributed by atoms with Gasteiger partial charge in [-0.05, 0) is 37.5 Å². The van der Waals surface area contributed by atoms with Gasteiger partial charge < -0.3 is 15.8 Å². The molecule has 0 fully saturated rings. The number of hydrogen-bond donors (Lipinski definition) is 2. The topological polar surface area (TPSA) is 47.3 Å². The number of thiocarbonyl (C=S) groups is 1. The molecule has 0 saturated heterocycles. The van der Waals surface area contributed by atoms with E-state index in [1.54, 1.807) is 13.2 Å². The summed E-state index contributed by atoms with van der Waals surface area (Å²) < 4.78 is 43.8. The Balaban J connectivity index is 2.66. The summed E-state index contributed by atoms with van der Waals surface area (Å²) in [5, 5.41) is 2.98. The minimum atomic E-state index is -4.48. The number of alkyl halides is 3. The summed E-state index contributed by atoms with van der Waals surface area (Å²) in [6.45, 7) is 1.30. The van der Waals surface area contributed by atoms with Gasteiger partial charge in [0, 0.05) is 31.5 Å². The Labute approximate surface area is 127 Å². The second-order valence-electron chi connectivity index (χ2n) is 4.60. The number of benzene rings is 1. The van der Waals surface area contributed by atoms with Gasteiger partial charge in [0.2, 0.25) is 0 Å². The molecule has 21 heavy (non-hydrogen) atoms. The van der Waals surface area contributed by atoms with E-state index in [-0.39, 0.29) is 10.6 Å². The van der Waals surface area contributed by atoms with E-state index in [0.717, 1.165) is 25.3 Å². The second-order valence-corrected chi connectivity index (χ2v) is 5.04. The van der Waals surface area contributed by atoms with Crippen molar-refractivity contribution in [1.29, 1.82) is 0 Å². The molecule has 0 radical (unpaired) electrons. The average Bonchev–Trinajstić information content (AvgIpc) is 2.41. The molecule has 118 valence electrons. The first-order chi connectivity index (χ1) is 9.86. The molecule has 0 unspecified atom stereocenters. The van der Waals surface area contributed by atoms with Gasteiger partial charge in [-0.3, -0.25) is 0 Å². The summed E-state index contributed by atoms with van der Waals surface area (Å²) in [4.78, 5) is -0.256. The lowest BCUT2D eigenvalue weighted by Gasteiger charge is -2.14. The van der Waals surface area contributed by atoms with Gasteiger partial charge in [-0.15, -0.1) is 0 Å². The lowest BCUT2D eigenvalue weighted by Crippen LogP contribution is -2.18. The van der Waals surface area contributed by atoms with Gasteiger partial charge in [0.25, 0.3) is 0 Å². The first-order valence-electron chi connectivity index (χ1n) is 6.60. The smallest absolute Gasteiger partial charge is 0.389 e. The Morgan fingerprint density at radius 1 is 1.29 bits per heavy atom. The number of unbranched alkanes of at least 4 members (excludes halogenated alkanes) is 2. The normalized spacial score (nSPS) is 11.4. The zero-order chi connectivity index (χ0) is 15.9. The Hall–Kier alpha value is -1.34. The van der Waals surface area contributed by atoms with Crippen molar-refractivity contribution in [2.24, 2.45) is 5.73 Å². The Morgan fingerprint density at radius 3 is 2.57 bits per heavy atom. The Bertz CT molecular complexity index is 478. The summed E-state index contributed by atoms with van der Waals surface area (Å²) in [5.41, 5.74) is 4.78. The number of hydrogen-bond acceptors (Lipinski definition) is 3. The molecular weight excluding hydrogens is 301 g/mol. The summed E-state index contributed by atoms with van der Waals surface area (Å²) in [5.74, 6) is 0. The maximum absolute atomic E-state index is 13.0. The van der Waals surface area contributed by atoms with Crippen molar-refractivity contribution in [3.05, 3.63) is 29.3 Å². The number of nitrogens with one attached hydrogen (secondary N) is 1. The van der Waals surface area contributed by atoms with Gasteiger partial charge in [0.1, 0.15) is 4.99 Å². The summed E-state index contributed by atoms with van der Waals surface area (Å²) in [6.07, 6.45) is -1.72. The molecular formula is C14H19F3N2OS. The molecule has 0 aliphatic heterocycles. The van der Waals surface area contributed by atoms with Crippen LogP contribution in [-0.4, -0.2) is 25.2 Å². The van der Waals surface area contributed by atoms with Crippen molar-refractivity contribution in [3.8, 4) is 0 Å². The molecule has 0 saturated carbocycles. The number of nitrogens with two attached hydrogens (primary N) is 1. The SMILES string of the molecule is COCCCCCNc1ccc(C(N)=S)c(C(F)(F)F)c1. The van der Waals surface area contributed by atoms with Crippen molar-refractivity contribution < 1.29 is 17.9 Å². The molecule has 0 spiro atoms. The van der Waals surface area contributed by atoms with Crippen LogP contribution in [0, 0.1) is 0 Å². The van der Waals surface area contributed by atoms with Gasteiger partial charge in [-0.1, -0.05) is 12.2 Å². The molecule has 0 aliphatic carbocycles. The van der Waals surface area contributed by atoms with Crippen LogP contribution in [0.15, 0.2) is 18.2 Å². The summed E-state index contributed by atoms with van der Waals surface area (Å²) in [7, 11) is 1.64. The lowest BCUT2D eigenvalue weighted by atomic mass is 10.1. The molecule has 3 nitrogen and oxygen atoms in total. The van der Waals surface area contributed by atoms with Crippen molar-refractivity contribution in [1.82, 2.24) is 0 Å². The molecule has 3 N–H and O–H groups in total. The van der Waals surface area contributed by atoms with Crippen LogP contribution in [0.5, 0.6) is 0 Å². The van der Waals surface area contributed by atoms with Crippen LogP contribution >= 0.6 is 12.2 Å². The van der Waals surface area contributed by atoms with E-state index >= 15 is 0 Å². The first-order valence-corrected chi connectivity index (χ1v) is 7.01. The lowest BCUT2D eigenvalue weighted by molar-refractivity contribution is -0.137. The molecule has 0 atom stereocenters. The molecule has 7 heteroatoms. The van der Waals surface area contributed by atoms with Gasteiger partial charge in [0.05, 0.1) is 5.56 Å². The number of methoxy groups -OCH3 is 1. The Morgan fingerprint density at radius 2 is 2.00 bits per heavy atom. The molecule has 0 aromatic heterocycles. The number of anilines is 1. The minimum absolute atomic E-state index is 0.150. The van der Waals surface area contributed by atoms with Gasteiger partial charge in [-0.25, -0.2) is 0 Å². The number of rotatable bonds is 8. The highest BCUT2D eigenvalue weighted by Crippen LogP contribution is 2.33. The summed E-state index contributed by atoms with van der Waals surface area (Å²) >= 11 is 4.65. The predicted octanol–water partition coefficient (Wildman–Crippen LogP) is 3.57. The monoisotopic (exact) mass is 320 g/mol. The third kappa shape index (κ3) is 5.89. The maximum Gasteiger partial charge on any atom is 0.417 e. The Kier molecular flexibility index (Phi) is 6.91. The zero-order valence-corrected chi connectivity index (χ0v) is 12.6. The highest BCUT2D eigenvalue weighted by Gasteiger charge is 2.34. The van der Waals surface area contributed by atoms with Crippen molar-refractivity contribution in [2.75, 3.05) is 25.6 Å². The van der Waals surface area contributed by atoms with E-state index in [4.69, 9.17) is 10.5 Å². The average molecular weight is 320 g/mol. The van der Waals surface area contributed by atoms with E-state index in [0.29, 0.717) is 18.8 Å². The van der Waals surface area contributed by atoms with E-state index in [2.05, 4.69) is 17.5 Å². The van der Waals surface area contributed by atoms with E-state index < -0.39 is 11.7 Å². The molecule has 1 aromatic rings. The fourth-order valence-corrected chi connectivity index (χ4v) is 2.06. The molecule has 0 heterocycles. The van der Waals surface area contributed by atoms with Gasteiger partial charge in [0.15, 0.2) is 0 Å². The second kappa shape index (κ2) is 8.19. The van der Waals surface area contributed by atoms with Gasteiger partial charge >= 0.3 is 6.18 Å². The van der Waals surface area contributed by atoms with Crippen molar-refractivity contribution in [2.45, 2.75) is 25.4 Å². The fraction of sp³-hybridized carbons (Fsp3) is 0.500. The van der Waals surface area contributed by atoms with Crippen LogP contribution in [0.25, 0.3) is 0 Å². The van der Waals surface area contributed by atoms with Crippen LogP contribution < -0.4 is 11.1 Å². The zero-order valence-electron chi connectivity index (χ0n) is 11.8. The molecule has 0 bridgehead atoms. The standard InChI is InChI=1S/C14H19F3N2OS/c1-20-8-4-2-3-7-19-10-5-6-11(13(18)21)12(9-10)14(15,16)17/h5-6,9,19H,2-4,7-8H2,1H3,(H2,18,21). The van der Waals surface area contributed by atoms with Crippen LogP contribution in [-0.2, 0) is 10.9 Å². The maximum atomic E-state index is 13.0. The molecule has 0 aliphatic rings. The highest BCUT2D eigenvalue weighted by atomic mass is 32.1. The van der Waals surface area contributed by atoms with Gasteiger partial charge in [-0.2, -0.15) is 13.2 Å². The quantitative estimate of drug-likeness (QED) is 0.568.